The van der Waals surface area contributed by atoms with Gasteiger partial charge in [0.2, 0.25) is 17.7 Å². The van der Waals surface area contributed by atoms with E-state index in [9.17, 15) is 24.3 Å². The van der Waals surface area contributed by atoms with Crippen molar-refractivity contribution in [3.05, 3.63) is 108 Å². The number of nitrogens with two attached hydrogens (primary N) is 3. The summed E-state index contributed by atoms with van der Waals surface area (Å²) in [6, 6.07) is 24.0. The molecule has 0 saturated carbocycles. The summed E-state index contributed by atoms with van der Waals surface area (Å²) in [5.74, 6) is -4.36. The Labute approximate surface area is 282 Å². The van der Waals surface area contributed by atoms with E-state index in [0.717, 1.165) is 32.7 Å². The average molecular weight is 666 g/mol. The van der Waals surface area contributed by atoms with E-state index in [1.165, 1.54) is 4.90 Å². The lowest BCUT2D eigenvalue weighted by Crippen LogP contribution is -2.52. The van der Waals surface area contributed by atoms with E-state index in [-0.39, 0.29) is 43.9 Å². The van der Waals surface area contributed by atoms with Crippen LogP contribution in [0.15, 0.2) is 89.5 Å². The molecule has 3 amide bonds. The molecule has 0 spiro atoms. The highest BCUT2D eigenvalue weighted by Gasteiger charge is 2.35. The maximum absolute atomic E-state index is 14.5. The van der Waals surface area contributed by atoms with Crippen molar-refractivity contribution in [2.24, 2.45) is 23.1 Å². The Hall–Kier alpha value is -5.66. The zero-order chi connectivity index (χ0) is 35.1. The molecule has 0 saturated heterocycles. The largest absolute Gasteiger partial charge is 0.480 e. The molecule has 49 heavy (non-hydrogen) atoms. The number of benzene rings is 4. The van der Waals surface area contributed by atoms with Crippen LogP contribution in [0.1, 0.15) is 46.5 Å². The lowest BCUT2D eigenvalue weighted by Gasteiger charge is -2.31. The summed E-state index contributed by atoms with van der Waals surface area (Å²) in [5, 5.41) is 20.0. The van der Waals surface area contributed by atoms with Crippen LogP contribution in [0.2, 0.25) is 0 Å². The molecule has 0 bridgehead atoms. The summed E-state index contributed by atoms with van der Waals surface area (Å²) >= 11 is 0. The van der Waals surface area contributed by atoms with Gasteiger partial charge in [-0.15, -0.1) is 0 Å². The highest BCUT2D eigenvalue weighted by molar-refractivity contribution is 5.90. The molecule has 0 aliphatic heterocycles. The van der Waals surface area contributed by atoms with Crippen molar-refractivity contribution in [3.8, 4) is 0 Å². The normalized spacial score (nSPS) is 13.8. The molecule has 0 aliphatic carbocycles. The third kappa shape index (κ3) is 8.44. The van der Waals surface area contributed by atoms with Gasteiger partial charge in [0, 0.05) is 25.8 Å². The van der Waals surface area contributed by atoms with Crippen molar-refractivity contribution in [2.75, 3.05) is 13.6 Å². The first-order valence-electron chi connectivity index (χ1n) is 15.9. The molecule has 1 aromatic heterocycles. The van der Waals surface area contributed by atoms with E-state index in [4.69, 9.17) is 21.7 Å². The van der Waals surface area contributed by atoms with Gasteiger partial charge in [-0.1, -0.05) is 90.1 Å². The van der Waals surface area contributed by atoms with Crippen molar-refractivity contribution in [1.82, 2.24) is 20.4 Å². The van der Waals surface area contributed by atoms with Crippen molar-refractivity contribution < 1.29 is 28.8 Å². The molecule has 4 unspecified atom stereocenters. The van der Waals surface area contributed by atoms with Crippen LogP contribution in [0.3, 0.4) is 0 Å². The predicted octanol–water partition coefficient (Wildman–Crippen LogP) is 2.71. The fourth-order valence-corrected chi connectivity index (χ4v) is 5.90. The Balaban J connectivity index is 1.50. The molecule has 4 atom stereocenters. The molecule has 5 rings (SSSR count). The number of rotatable bonds is 15. The van der Waals surface area contributed by atoms with Gasteiger partial charge in [0.05, 0.1) is 0 Å². The van der Waals surface area contributed by atoms with Crippen molar-refractivity contribution >= 4 is 45.2 Å². The number of aliphatic carboxylic acids is 1. The fourth-order valence-electron chi connectivity index (χ4n) is 5.90. The minimum atomic E-state index is -1.29. The molecule has 8 N–H and O–H groups in total. The van der Waals surface area contributed by atoms with Gasteiger partial charge >= 0.3 is 5.97 Å². The monoisotopic (exact) mass is 665 g/mol. The standard InChI is InChI=1S/C36H39N7O6/c1-43(30(34-41-32(31(39)44)42-49-34)19-22-11-13-24-7-3-5-9-26(24)17-22)35(46)29(18-21-10-12-23-6-2-4-8-25(23)16-21)40-33(45)27(14-15-37)20-28(38)36(47)48/h2-13,16-17,27-30H,14-15,18-20,37-38H2,1H3,(H2,39,44)(H,40,45)(H,47,48). The number of carboxylic acids is 1. The van der Waals surface area contributed by atoms with Crippen LogP contribution in [-0.4, -0.2) is 69.5 Å². The number of amides is 3. The number of primary amides is 1. The summed E-state index contributed by atoms with van der Waals surface area (Å²) in [7, 11) is 1.56. The van der Waals surface area contributed by atoms with E-state index in [2.05, 4.69) is 15.5 Å². The third-order valence-electron chi connectivity index (χ3n) is 8.62. The first-order chi connectivity index (χ1) is 23.5. The quantitative estimate of drug-likeness (QED) is 0.110. The first-order valence-corrected chi connectivity index (χ1v) is 15.9. The lowest BCUT2D eigenvalue weighted by molar-refractivity contribution is -0.141. The Morgan fingerprint density at radius 3 is 1.98 bits per heavy atom. The number of hydrogen-bond acceptors (Lipinski definition) is 9. The summed E-state index contributed by atoms with van der Waals surface area (Å²) in [6.45, 7) is 0.112. The van der Waals surface area contributed by atoms with E-state index in [1.807, 2.05) is 84.9 Å². The van der Waals surface area contributed by atoms with E-state index in [1.54, 1.807) is 7.05 Å². The van der Waals surface area contributed by atoms with E-state index < -0.39 is 47.7 Å². The molecule has 0 fully saturated rings. The Bertz CT molecular complexity index is 1980. The zero-order valence-electron chi connectivity index (χ0n) is 27.0. The summed E-state index contributed by atoms with van der Waals surface area (Å²) in [6.07, 6.45) is 0.349. The molecular formula is C36H39N7O6. The Morgan fingerprint density at radius 1 is 0.878 bits per heavy atom. The van der Waals surface area contributed by atoms with Crippen LogP contribution >= 0.6 is 0 Å². The van der Waals surface area contributed by atoms with Crippen LogP contribution in [-0.2, 0) is 27.2 Å². The smallest absolute Gasteiger partial charge is 0.320 e. The first kappa shape index (κ1) is 34.7. The summed E-state index contributed by atoms with van der Waals surface area (Å²) in [5.41, 5.74) is 18.6. The van der Waals surface area contributed by atoms with E-state index >= 15 is 0 Å². The molecule has 0 aliphatic rings. The highest BCUT2D eigenvalue weighted by atomic mass is 16.5. The van der Waals surface area contributed by atoms with Gasteiger partial charge in [-0.25, -0.2) is 0 Å². The lowest BCUT2D eigenvalue weighted by atomic mass is 9.94. The second-order valence-electron chi connectivity index (χ2n) is 12.1. The number of carbonyl (C=O) groups excluding carboxylic acids is 3. The minimum Gasteiger partial charge on any atom is -0.480 e. The number of fused-ring (bicyclic) bond motifs is 2. The molecule has 4 aromatic carbocycles. The highest BCUT2D eigenvalue weighted by Crippen LogP contribution is 2.27. The molecule has 0 radical (unpaired) electrons. The predicted molar refractivity (Wildman–Crippen MR) is 183 cm³/mol. The molecule has 13 heteroatoms. The maximum Gasteiger partial charge on any atom is 0.320 e. The average Bonchev–Trinajstić information content (AvgIpc) is 3.60. The van der Waals surface area contributed by atoms with Gasteiger partial charge in [-0.3, -0.25) is 19.2 Å². The van der Waals surface area contributed by atoms with Crippen molar-refractivity contribution in [2.45, 2.75) is 43.8 Å². The number of aromatic nitrogens is 2. The van der Waals surface area contributed by atoms with Crippen LogP contribution < -0.4 is 22.5 Å². The Kier molecular flexibility index (Phi) is 11.0. The van der Waals surface area contributed by atoms with Crippen LogP contribution in [0, 0.1) is 5.92 Å². The van der Waals surface area contributed by atoms with Gasteiger partial charge in [0.25, 0.3) is 11.7 Å². The SMILES string of the molecule is CN(C(=O)C(Cc1ccc2ccccc2c1)NC(=O)C(CCN)CC(N)C(=O)O)C(Cc1ccc2ccccc2c1)c1nc(C(N)=O)no1. The Morgan fingerprint density at radius 2 is 1.45 bits per heavy atom. The van der Waals surface area contributed by atoms with Crippen molar-refractivity contribution in [1.29, 1.82) is 0 Å². The molecule has 254 valence electrons. The summed E-state index contributed by atoms with van der Waals surface area (Å²) in [4.78, 5) is 57.2. The number of carbonyl (C=O) groups is 4. The minimum absolute atomic E-state index is 0.0120. The number of hydrogen-bond donors (Lipinski definition) is 5. The molecule has 5 aromatic rings. The van der Waals surface area contributed by atoms with Crippen LogP contribution in [0.25, 0.3) is 21.5 Å². The second-order valence-corrected chi connectivity index (χ2v) is 12.1. The number of likely N-dealkylation sites (N-methyl/N-ethyl adjacent to an activating group) is 1. The zero-order valence-corrected chi connectivity index (χ0v) is 27.0. The van der Waals surface area contributed by atoms with Gasteiger partial charge in [0.1, 0.15) is 18.1 Å². The van der Waals surface area contributed by atoms with Crippen molar-refractivity contribution in [3.63, 3.8) is 0 Å². The van der Waals surface area contributed by atoms with Gasteiger partial charge in [0.15, 0.2) is 0 Å². The summed E-state index contributed by atoms with van der Waals surface area (Å²) < 4.78 is 5.46. The van der Waals surface area contributed by atoms with E-state index in [0.29, 0.717) is 0 Å². The van der Waals surface area contributed by atoms with Gasteiger partial charge in [-0.05, 0) is 52.1 Å². The number of nitrogens with one attached hydrogen (secondary N) is 1. The molecular weight excluding hydrogens is 626 g/mol. The number of carboxylic acid groups (broad SMARTS) is 1. The van der Waals surface area contributed by atoms with Crippen LogP contribution in [0.4, 0.5) is 0 Å². The second kappa shape index (κ2) is 15.5. The fraction of sp³-hybridized carbons (Fsp3) is 0.278. The molecule has 13 nitrogen and oxygen atoms in total. The van der Waals surface area contributed by atoms with Crippen LogP contribution in [0.5, 0.6) is 0 Å². The maximum atomic E-state index is 14.5. The molecule has 1 heterocycles. The number of nitrogens with zero attached hydrogens (tertiary/aromatic N) is 3. The topological polar surface area (TPSA) is 221 Å². The van der Waals surface area contributed by atoms with Gasteiger partial charge in [-0.2, -0.15) is 4.98 Å². The van der Waals surface area contributed by atoms with Gasteiger partial charge < -0.3 is 37.0 Å². The third-order valence-corrected chi connectivity index (χ3v) is 8.62.